The SMILES string of the molecule is O=C(O)CNC(=O)Nc1cc(Cc2n[nH]c(=O)c3c2CCCC3)ccc1F. The predicted molar refractivity (Wildman–Crippen MR) is 95.4 cm³/mol. The summed E-state index contributed by atoms with van der Waals surface area (Å²) in [6, 6.07) is 3.46. The Hall–Kier alpha value is -3.23. The average Bonchev–Trinajstić information content (AvgIpc) is 2.65. The molecule has 0 saturated heterocycles. The molecule has 1 aromatic carbocycles. The molecular formula is C18H19FN4O4. The highest BCUT2D eigenvalue weighted by molar-refractivity contribution is 5.91. The highest BCUT2D eigenvalue weighted by Crippen LogP contribution is 2.23. The van der Waals surface area contributed by atoms with E-state index in [-0.39, 0.29) is 11.2 Å². The van der Waals surface area contributed by atoms with Crippen molar-refractivity contribution in [2.45, 2.75) is 32.1 Å². The number of carboxylic acids is 1. The first-order valence-corrected chi connectivity index (χ1v) is 8.58. The molecule has 2 amide bonds. The fourth-order valence-electron chi connectivity index (χ4n) is 3.17. The molecule has 3 rings (SSSR count). The molecule has 1 heterocycles. The summed E-state index contributed by atoms with van der Waals surface area (Å²) in [5, 5.41) is 19.6. The number of aromatic amines is 1. The maximum Gasteiger partial charge on any atom is 0.323 e. The van der Waals surface area contributed by atoms with Gasteiger partial charge in [0.15, 0.2) is 0 Å². The maximum atomic E-state index is 14.0. The lowest BCUT2D eigenvalue weighted by molar-refractivity contribution is -0.135. The minimum atomic E-state index is -1.20. The van der Waals surface area contributed by atoms with Gasteiger partial charge >= 0.3 is 12.0 Å². The summed E-state index contributed by atoms with van der Waals surface area (Å²) in [6.45, 7) is -0.569. The van der Waals surface area contributed by atoms with E-state index in [2.05, 4.69) is 20.8 Å². The van der Waals surface area contributed by atoms with Crippen LogP contribution in [0.4, 0.5) is 14.9 Å². The molecule has 0 unspecified atom stereocenters. The molecule has 8 nitrogen and oxygen atoms in total. The number of H-pyrrole nitrogens is 1. The number of rotatable bonds is 5. The quantitative estimate of drug-likeness (QED) is 0.633. The molecule has 1 aliphatic carbocycles. The number of hydrogen-bond donors (Lipinski definition) is 4. The fourth-order valence-corrected chi connectivity index (χ4v) is 3.17. The number of carbonyl (C=O) groups excluding carboxylic acids is 1. The molecule has 0 fully saturated rings. The minimum absolute atomic E-state index is 0.0614. The summed E-state index contributed by atoms with van der Waals surface area (Å²) in [5.41, 5.74) is 2.93. The molecule has 1 aliphatic rings. The van der Waals surface area contributed by atoms with Crippen LogP contribution in [0.5, 0.6) is 0 Å². The molecule has 0 radical (unpaired) electrons. The number of anilines is 1. The van der Waals surface area contributed by atoms with Crippen LogP contribution in [0.3, 0.4) is 0 Å². The van der Waals surface area contributed by atoms with Gasteiger partial charge < -0.3 is 15.7 Å². The zero-order valence-electron chi connectivity index (χ0n) is 14.5. The average molecular weight is 374 g/mol. The Morgan fingerprint density at radius 3 is 2.70 bits per heavy atom. The van der Waals surface area contributed by atoms with Crippen LogP contribution in [0.25, 0.3) is 0 Å². The van der Waals surface area contributed by atoms with Crippen molar-refractivity contribution >= 4 is 17.7 Å². The van der Waals surface area contributed by atoms with Gasteiger partial charge in [-0.3, -0.25) is 9.59 Å². The topological polar surface area (TPSA) is 124 Å². The Morgan fingerprint density at radius 2 is 1.96 bits per heavy atom. The molecular weight excluding hydrogens is 355 g/mol. The summed E-state index contributed by atoms with van der Waals surface area (Å²) in [6.07, 6.45) is 3.84. The van der Waals surface area contributed by atoms with Crippen LogP contribution in [-0.2, 0) is 24.1 Å². The van der Waals surface area contributed by atoms with Gasteiger partial charge in [0.05, 0.1) is 11.4 Å². The second-order valence-electron chi connectivity index (χ2n) is 6.36. The second-order valence-corrected chi connectivity index (χ2v) is 6.36. The van der Waals surface area contributed by atoms with Gasteiger partial charge in [0.25, 0.3) is 5.56 Å². The molecule has 0 spiro atoms. The van der Waals surface area contributed by atoms with Crippen LogP contribution < -0.4 is 16.2 Å². The standard InChI is InChI=1S/C18H19FN4O4/c19-13-6-5-10(8-15(13)21-18(27)20-9-16(24)25)7-14-11-3-1-2-4-12(11)17(26)23-22-14/h5-6,8H,1-4,7,9H2,(H,23,26)(H,24,25)(H2,20,21,27). The van der Waals surface area contributed by atoms with Crippen molar-refractivity contribution in [3.8, 4) is 0 Å². The largest absolute Gasteiger partial charge is 0.480 e. The number of nitrogens with zero attached hydrogens (tertiary/aromatic N) is 1. The first-order valence-electron chi connectivity index (χ1n) is 8.58. The van der Waals surface area contributed by atoms with E-state index in [0.29, 0.717) is 12.0 Å². The van der Waals surface area contributed by atoms with Crippen molar-refractivity contribution in [3.05, 3.63) is 56.8 Å². The van der Waals surface area contributed by atoms with E-state index in [1.165, 1.54) is 12.1 Å². The number of carbonyl (C=O) groups is 2. The smallest absolute Gasteiger partial charge is 0.323 e. The monoisotopic (exact) mass is 374 g/mol. The normalized spacial score (nSPS) is 12.9. The maximum absolute atomic E-state index is 14.0. The first kappa shape index (κ1) is 18.6. The molecule has 9 heteroatoms. The van der Waals surface area contributed by atoms with Crippen molar-refractivity contribution in [2.75, 3.05) is 11.9 Å². The Kier molecular flexibility index (Phi) is 5.49. The molecule has 142 valence electrons. The van der Waals surface area contributed by atoms with Crippen molar-refractivity contribution in [1.82, 2.24) is 15.5 Å². The van der Waals surface area contributed by atoms with Crippen LogP contribution in [0.2, 0.25) is 0 Å². The van der Waals surface area contributed by atoms with Gasteiger partial charge in [0, 0.05) is 12.0 Å². The molecule has 0 atom stereocenters. The number of nitrogens with one attached hydrogen (secondary N) is 3. The molecule has 4 N–H and O–H groups in total. The lowest BCUT2D eigenvalue weighted by atomic mass is 9.90. The van der Waals surface area contributed by atoms with Gasteiger partial charge in [0.2, 0.25) is 0 Å². The van der Waals surface area contributed by atoms with Crippen LogP contribution >= 0.6 is 0 Å². The number of carboxylic acid groups (broad SMARTS) is 1. The zero-order valence-corrected chi connectivity index (χ0v) is 14.5. The van der Waals surface area contributed by atoms with E-state index in [9.17, 15) is 18.8 Å². The molecule has 0 saturated carbocycles. The number of amides is 2. The van der Waals surface area contributed by atoms with E-state index in [0.717, 1.165) is 42.5 Å². The molecule has 1 aromatic heterocycles. The molecule has 0 bridgehead atoms. The van der Waals surface area contributed by atoms with Crippen LogP contribution in [0.1, 0.15) is 35.2 Å². The van der Waals surface area contributed by atoms with Crippen LogP contribution in [0.15, 0.2) is 23.0 Å². The Morgan fingerprint density at radius 1 is 1.22 bits per heavy atom. The number of fused-ring (bicyclic) bond motifs is 1. The van der Waals surface area contributed by atoms with E-state index in [4.69, 9.17) is 5.11 Å². The number of urea groups is 1. The molecule has 2 aromatic rings. The third-order valence-electron chi connectivity index (χ3n) is 4.43. The number of benzene rings is 1. The Balaban J connectivity index is 1.80. The van der Waals surface area contributed by atoms with Crippen molar-refractivity contribution in [3.63, 3.8) is 0 Å². The van der Waals surface area contributed by atoms with Crippen molar-refractivity contribution < 1.29 is 19.1 Å². The van der Waals surface area contributed by atoms with Gasteiger partial charge in [-0.15, -0.1) is 0 Å². The Bertz CT molecular complexity index is 941. The van der Waals surface area contributed by atoms with Gasteiger partial charge in [-0.1, -0.05) is 6.07 Å². The first-order chi connectivity index (χ1) is 12.9. The lowest BCUT2D eigenvalue weighted by Crippen LogP contribution is -2.33. The summed E-state index contributed by atoms with van der Waals surface area (Å²) >= 11 is 0. The van der Waals surface area contributed by atoms with Crippen LogP contribution in [-0.4, -0.2) is 33.8 Å². The van der Waals surface area contributed by atoms with Gasteiger partial charge in [-0.25, -0.2) is 14.3 Å². The van der Waals surface area contributed by atoms with Crippen molar-refractivity contribution in [1.29, 1.82) is 0 Å². The van der Waals surface area contributed by atoms with Crippen LogP contribution in [0, 0.1) is 5.82 Å². The lowest BCUT2D eigenvalue weighted by Gasteiger charge is -2.17. The zero-order chi connectivity index (χ0) is 19.4. The third-order valence-corrected chi connectivity index (χ3v) is 4.43. The summed E-state index contributed by atoms with van der Waals surface area (Å²) in [4.78, 5) is 34.1. The van der Waals surface area contributed by atoms with Gasteiger partial charge in [-0.2, -0.15) is 5.10 Å². The second kappa shape index (κ2) is 7.98. The van der Waals surface area contributed by atoms with Gasteiger partial charge in [0.1, 0.15) is 12.4 Å². The number of hydrogen-bond acceptors (Lipinski definition) is 4. The number of halogens is 1. The van der Waals surface area contributed by atoms with Crippen molar-refractivity contribution in [2.24, 2.45) is 0 Å². The highest BCUT2D eigenvalue weighted by atomic mass is 19.1. The third kappa shape index (κ3) is 4.49. The highest BCUT2D eigenvalue weighted by Gasteiger charge is 2.18. The molecule has 0 aliphatic heterocycles. The van der Waals surface area contributed by atoms with Gasteiger partial charge in [-0.05, 0) is 48.9 Å². The van der Waals surface area contributed by atoms with E-state index in [1.807, 2.05) is 0 Å². The summed E-state index contributed by atoms with van der Waals surface area (Å²) in [5.74, 6) is -1.84. The van der Waals surface area contributed by atoms with E-state index >= 15 is 0 Å². The van der Waals surface area contributed by atoms with E-state index in [1.54, 1.807) is 6.07 Å². The molecule has 27 heavy (non-hydrogen) atoms. The fraction of sp³-hybridized carbons (Fsp3) is 0.333. The van der Waals surface area contributed by atoms with E-state index < -0.39 is 24.4 Å². The Labute approximate surface area is 153 Å². The number of aromatic nitrogens is 2. The summed E-state index contributed by atoms with van der Waals surface area (Å²) in [7, 11) is 0. The minimum Gasteiger partial charge on any atom is -0.480 e. The predicted octanol–water partition coefficient (Wildman–Crippen LogP) is 1.58. The summed E-state index contributed by atoms with van der Waals surface area (Å²) < 4.78 is 14.0. The number of aliphatic carboxylic acids is 1.